The maximum Gasteiger partial charge on any atom is 0.180 e. The first-order valence-electron chi connectivity index (χ1n) is 6.42. The minimum absolute atomic E-state index is 0.230. The van der Waals surface area contributed by atoms with Crippen molar-refractivity contribution >= 4 is 21.4 Å². The van der Waals surface area contributed by atoms with Crippen molar-refractivity contribution in [1.82, 2.24) is 5.32 Å². The topological polar surface area (TPSA) is 84.9 Å². The van der Waals surface area contributed by atoms with Crippen LogP contribution in [0, 0.1) is 0 Å². The van der Waals surface area contributed by atoms with Gasteiger partial charge in [0.25, 0.3) is 0 Å². The number of methoxy groups -OCH3 is 1. The highest BCUT2D eigenvalue weighted by Gasteiger charge is 2.39. The Balaban J connectivity index is 2.27. The van der Waals surface area contributed by atoms with Crippen LogP contribution in [-0.2, 0) is 16.4 Å². The quantitative estimate of drug-likeness (QED) is 0.820. The zero-order valence-electron chi connectivity index (χ0n) is 11.8. The Morgan fingerprint density at radius 3 is 2.67 bits per heavy atom. The van der Waals surface area contributed by atoms with E-state index in [-0.39, 0.29) is 17.3 Å². The molecule has 0 bridgehead atoms. The Hall–Kier alpha value is -1.02. The number of benzene rings is 1. The average Bonchev–Trinajstić information content (AvgIpc) is 2.65. The molecule has 2 rings (SSSR count). The van der Waals surface area contributed by atoms with Gasteiger partial charge in [-0.05, 0) is 24.7 Å². The molecule has 1 fully saturated rings. The fourth-order valence-corrected chi connectivity index (χ4v) is 4.19. The molecule has 1 aliphatic rings. The summed E-state index contributed by atoms with van der Waals surface area (Å²) in [4.78, 5) is 0. The van der Waals surface area contributed by atoms with Gasteiger partial charge in [-0.1, -0.05) is 11.6 Å². The molecular weight excluding hydrogens is 318 g/mol. The normalized spacial score (nSPS) is 24.0. The van der Waals surface area contributed by atoms with Gasteiger partial charge in [0, 0.05) is 6.54 Å². The predicted octanol–water partition coefficient (Wildman–Crippen LogP) is 0.605. The second-order valence-corrected chi connectivity index (χ2v) is 7.50. The van der Waals surface area contributed by atoms with Gasteiger partial charge < -0.3 is 19.9 Å². The van der Waals surface area contributed by atoms with E-state index in [9.17, 15) is 13.5 Å². The zero-order chi connectivity index (χ0) is 15.6. The maximum absolute atomic E-state index is 11.5. The van der Waals surface area contributed by atoms with Gasteiger partial charge in [0.1, 0.15) is 12.2 Å². The highest BCUT2D eigenvalue weighted by molar-refractivity contribution is 7.91. The molecule has 21 heavy (non-hydrogen) atoms. The van der Waals surface area contributed by atoms with Gasteiger partial charge in [-0.2, -0.15) is 0 Å². The molecule has 0 spiro atoms. The van der Waals surface area contributed by atoms with E-state index < -0.39 is 22.0 Å². The summed E-state index contributed by atoms with van der Waals surface area (Å²) in [6.45, 7) is 0.608. The Labute approximate surface area is 128 Å². The largest absolute Gasteiger partial charge is 0.493 e. The number of aliphatic hydroxyl groups excluding tert-OH is 1. The molecule has 2 N–H and O–H groups in total. The molecule has 0 aliphatic carbocycles. The van der Waals surface area contributed by atoms with Crippen LogP contribution >= 0.6 is 11.6 Å². The lowest BCUT2D eigenvalue weighted by atomic mass is 10.2. The number of rotatable bonds is 5. The van der Waals surface area contributed by atoms with E-state index in [2.05, 4.69) is 5.32 Å². The predicted molar refractivity (Wildman–Crippen MR) is 79.8 cm³/mol. The third-order valence-corrected chi connectivity index (χ3v) is 5.18. The van der Waals surface area contributed by atoms with Gasteiger partial charge in [0.05, 0.1) is 23.6 Å². The lowest BCUT2D eigenvalue weighted by Crippen LogP contribution is -2.30. The van der Waals surface area contributed by atoms with Gasteiger partial charge in [-0.25, -0.2) is 8.42 Å². The Morgan fingerprint density at radius 1 is 1.43 bits per heavy atom. The van der Waals surface area contributed by atoms with Crippen molar-refractivity contribution in [2.75, 3.05) is 25.7 Å². The van der Waals surface area contributed by atoms with Gasteiger partial charge in [0.15, 0.2) is 21.3 Å². The average molecular weight is 336 g/mol. The van der Waals surface area contributed by atoms with Crippen LogP contribution in [0.2, 0.25) is 5.02 Å². The maximum atomic E-state index is 11.5. The summed E-state index contributed by atoms with van der Waals surface area (Å²) in [6.07, 6.45) is -1.90. The van der Waals surface area contributed by atoms with Crippen LogP contribution in [0.5, 0.6) is 11.5 Å². The summed E-state index contributed by atoms with van der Waals surface area (Å²) in [5, 5.41) is 13.1. The zero-order valence-corrected chi connectivity index (χ0v) is 13.4. The van der Waals surface area contributed by atoms with Crippen molar-refractivity contribution in [2.45, 2.75) is 18.8 Å². The summed E-state index contributed by atoms with van der Waals surface area (Å²) >= 11 is 6.18. The molecule has 118 valence electrons. The Morgan fingerprint density at radius 2 is 2.14 bits per heavy atom. The Kier molecular flexibility index (Phi) is 4.98. The van der Waals surface area contributed by atoms with Crippen molar-refractivity contribution in [1.29, 1.82) is 0 Å². The number of nitrogens with one attached hydrogen (secondary N) is 1. The summed E-state index contributed by atoms with van der Waals surface area (Å²) < 4.78 is 33.9. The fourth-order valence-electron chi connectivity index (χ4n) is 2.25. The van der Waals surface area contributed by atoms with Crippen LogP contribution in [0.15, 0.2) is 12.1 Å². The summed E-state index contributed by atoms with van der Waals surface area (Å²) in [7, 11) is 0.00289. The van der Waals surface area contributed by atoms with Crippen LogP contribution < -0.4 is 14.8 Å². The second-order valence-electron chi connectivity index (χ2n) is 4.94. The molecule has 8 heteroatoms. The molecule has 1 aliphatic heterocycles. The molecule has 1 saturated heterocycles. The van der Waals surface area contributed by atoms with Crippen molar-refractivity contribution in [3.8, 4) is 11.5 Å². The minimum atomic E-state index is -3.28. The molecular formula is C13H18ClNO5S. The highest BCUT2D eigenvalue weighted by Crippen LogP contribution is 2.38. The SMILES string of the molecule is CNCc1cc(Cl)c(OC2CS(=O)(=O)CC2O)c(OC)c1. The first-order valence-corrected chi connectivity index (χ1v) is 8.62. The van der Waals surface area contributed by atoms with Crippen molar-refractivity contribution in [3.63, 3.8) is 0 Å². The van der Waals surface area contributed by atoms with Gasteiger partial charge in [-0.15, -0.1) is 0 Å². The Bertz CT molecular complexity index is 619. The highest BCUT2D eigenvalue weighted by atomic mass is 35.5. The lowest BCUT2D eigenvalue weighted by molar-refractivity contribution is 0.0719. The third-order valence-electron chi connectivity index (χ3n) is 3.21. The first kappa shape index (κ1) is 16.4. The molecule has 0 aromatic heterocycles. The van der Waals surface area contributed by atoms with Gasteiger partial charge >= 0.3 is 0 Å². The number of sulfone groups is 1. The third kappa shape index (κ3) is 3.79. The minimum Gasteiger partial charge on any atom is -0.493 e. The molecule has 0 amide bonds. The standard InChI is InChI=1S/C13H18ClNO5S/c1-15-5-8-3-9(14)13(11(4-8)19-2)20-12-7-21(17,18)6-10(12)16/h3-4,10,12,15-16H,5-7H2,1-2H3. The number of halogens is 1. The molecule has 1 aromatic carbocycles. The van der Waals surface area contributed by atoms with E-state index in [4.69, 9.17) is 21.1 Å². The smallest absolute Gasteiger partial charge is 0.180 e. The van der Waals surface area contributed by atoms with Crippen LogP contribution in [0.1, 0.15) is 5.56 Å². The van der Waals surface area contributed by atoms with Crippen LogP contribution in [0.4, 0.5) is 0 Å². The number of ether oxygens (including phenoxy) is 2. The van der Waals surface area contributed by atoms with E-state index >= 15 is 0 Å². The summed E-state index contributed by atoms with van der Waals surface area (Å²) in [5.41, 5.74) is 0.909. The van der Waals surface area contributed by atoms with E-state index in [0.29, 0.717) is 17.3 Å². The molecule has 2 atom stereocenters. The van der Waals surface area contributed by atoms with Crippen LogP contribution in [0.25, 0.3) is 0 Å². The molecule has 1 aromatic rings. The summed E-state index contributed by atoms with van der Waals surface area (Å²) in [6, 6.07) is 3.47. The van der Waals surface area contributed by atoms with Gasteiger partial charge in [0.2, 0.25) is 0 Å². The molecule has 2 unspecified atom stereocenters. The van der Waals surface area contributed by atoms with Crippen LogP contribution in [-0.4, -0.2) is 51.4 Å². The monoisotopic (exact) mass is 335 g/mol. The van der Waals surface area contributed by atoms with Crippen molar-refractivity contribution in [3.05, 3.63) is 22.7 Å². The number of hydrogen-bond acceptors (Lipinski definition) is 6. The van der Waals surface area contributed by atoms with Gasteiger partial charge in [-0.3, -0.25) is 0 Å². The number of aliphatic hydroxyl groups is 1. The van der Waals surface area contributed by atoms with Crippen molar-refractivity contribution in [2.24, 2.45) is 0 Å². The summed E-state index contributed by atoms with van der Waals surface area (Å²) in [5.74, 6) is 0.130. The van der Waals surface area contributed by atoms with E-state index in [1.807, 2.05) is 7.05 Å². The first-order chi connectivity index (χ1) is 9.86. The second kappa shape index (κ2) is 6.39. The molecule has 1 heterocycles. The molecule has 0 saturated carbocycles. The molecule has 0 radical (unpaired) electrons. The number of hydrogen-bond donors (Lipinski definition) is 2. The van der Waals surface area contributed by atoms with E-state index in [1.165, 1.54) is 7.11 Å². The van der Waals surface area contributed by atoms with E-state index in [0.717, 1.165) is 5.56 Å². The molecule has 6 nitrogen and oxygen atoms in total. The van der Waals surface area contributed by atoms with Crippen molar-refractivity contribution < 1.29 is 23.0 Å². The van der Waals surface area contributed by atoms with Crippen LogP contribution in [0.3, 0.4) is 0 Å². The van der Waals surface area contributed by atoms with E-state index in [1.54, 1.807) is 12.1 Å². The lowest BCUT2D eigenvalue weighted by Gasteiger charge is -2.19. The fraction of sp³-hybridized carbons (Fsp3) is 0.538.